The lowest BCUT2D eigenvalue weighted by Gasteiger charge is -2.09. The summed E-state index contributed by atoms with van der Waals surface area (Å²) in [4.78, 5) is 12.7. The monoisotopic (exact) mass is 273 g/mol. The van der Waals surface area contributed by atoms with Crippen LogP contribution >= 0.6 is 11.6 Å². The third kappa shape index (κ3) is 1.92. The molecule has 0 aliphatic carbocycles. The van der Waals surface area contributed by atoms with Gasteiger partial charge in [-0.25, -0.2) is 9.98 Å². The standard InChI is InChI=1S/C13H12ClN5/c1-8-2-3-10-9(4-8)13(17-6-15)16-5-11-12(14)18-7-19(10)11/h2-4,6-7H,5H2,1H3,(H2,15,16,17). The van der Waals surface area contributed by atoms with E-state index in [1.807, 2.05) is 29.7 Å². The largest absolute Gasteiger partial charge is 0.390 e. The number of aromatic nitrogens is 2. The molecule has 0 spiro atoms. The molecule has 0 radical (unpaired) electrons. The van der Waals surface area contributed by atoms with Gasteiger partial charge in [0.15, 0.2) is 11.0 Å². The molecule has 0 saturated heterocycles. The molecule has 2 N–H and O–H groups in total. The van der Waals surface area contributed by atoms with Gasteiger partial charge in [-0.15, -0.1) is 0 Å². The van der Waals surface area contributed by atoms with Gasteiger partial charge in [-0.05, 0) is 19.1 Å². The van der Waals surface area contributed by atoms with Gasteiger partial charge in [0.2, 0.25) is 0 Å². The number of imidazole rings is 1. The summed E-state index contributed by atoms with van der Waals surface area (Å²) in [5, 5.41) is 0.466. The van der Waals surface area contributed by atoms with Crippen LogP contribution in [-0.4, -0.2) is 21.7 Å². The van der Waals surface area contributed by atoms with Gasteiger partial charge in [0.05, 0.1) is 24.3 Å². The Morgan fingerprint density at radius 2 is 2.32 bits per heavy atom. The number of rotatable bonds is 0. The Morgan fingerprint density at radius 3 is 3.11 bits per heavy atom. The summed E-state index contributed by atoms with van der Waals surface area (Å²) in [5.41, 5.74) is 9.27. The maximum absolute atomic E-state index is 6.09. The summed E-state index contributed by atoms with van der Waals surface area (Å²) in [6, 6.07) is 6.08. The Balaban J connectivity index is 2.31. The summed E-state index contributed by atoms with van der Waals surface area (Å²) in [5.74, 6) is 0.612. The van der Waals surface area contributed by atoms with Crippen molar-refractivity contribution in [1.29, 1.82) is 0 Å². The van der Waals surface area contributed by atoms with E-state index in [9.17, 15) is 0 Å². The van der Waals surface area contributed by atoms with Crippen LogP contribution in [0.1, 0.15) is 16.8 Å². The fourth-order valence-corrected chi connectivity index (χ4v) is 2.35. The smallest absolute Gasteiger partial charge is 0.158 e. The molecule has 1 aromatic carbocycles. The maximum atomic E-state index is 6.09. The van der Waals surface area contributed by atoms with Crippen molar-refractivity contribution >= 4 is 23.8 Å². The molecule has 0 unspecified atom stereocenters. The number of benzene rings is 1. The Labute approximate surface area is 115 Å². The van der Waals surface area contributed by atoms with Crippen LogP contribution in [0.4, 0.5) is 0 Å². The van der Waals surface area contributed by atoms with Gasteiger partial charge in [-0.1, -0.05) is 23.2 Å². The van der Waals surface area contributed by atoms with Crippen molar-refractivity contribution in [2.45, 2.75) is 13.5 Å². The zero-order valence-corrected chi connectivity index (χ0v) is 11.1. The highest BCUT2D eigenvalue weighted by atomic mass is 35.5. The van der Waals surface area contributed by atoms with Gasteiger partial charge >= 0.3 is 0 Å². The van der Waals surface area contributed by atoms with Crippen LogP contribution in [0.3, 0.4) is 0 Å². The quantitative estimate of drug-likeness (QED) is 0.590. The van der Waals surface area contributed by atoms with E-state index in [-0.39, 0.29) is 0 Å². The van der Waals surface area contributed by atoms with Crippen LogP contribution in [0.25, 0.3) is 5.69 Å². The number of fused-ring (bicyclic) bond motifs is 3. The number of nitrogens with two attached hydrogens (primary N) is 1. The molecule has 2 aromatic rings. The Bertz CT molecular complexity index is 699. The number of halogens is 1. The second-order valence-electron chi connectivity index (χ2n) is 4.29. The molecule has 6 heteroatoms. The number of amidine groups is 1. The van der Waals surface area contributed by atoms with Gasteiger partial charge < -0.3 is 5.73 Å². The van der Waals surface area contributed by atoms with Crippen molar-refractivity contribution in [2.24, 2.45) is 15.7 Å². The summed E-state index contributed by atoms with van der Waals surface area (Å²) in [7, 11) is 0. The summed E-state index contributed by atoms with van der Waals surface area (Å²) < 4.78 is 1.94. The summed E-state index contributed by atoms with van der Waals surface area (Å²) in [6.45, 7) is 2.45. The highest BCUT2D eigenvalue weighted by Gasteiger charge is 2.19. The van der Waals surface area contributed by atoms with E-state index in [0.29, 0.717) is 17.5 Å². The molecule has 0 amide bonds. The molecule has 1 aliphatic heterocycles. The van der Waals surface area contributed by atoms with Gasteiger partial charge in [0.25, 0.3) is 0 Å². The van der Waals surface area contributed by atoms with E-state index in [2.05, 4.69) is 15.0 Å². The van der Waals surface area contributed by atoms with E-state index >= 15 is 0 Å². The van der Waals surface area contributed by atoms with Crippen molar-refractivity contribution in [2.75, 3.05) is 0 Å². The lowest BCUT2D eigenvalue weighted by atomic mass is 10.1. The minimum atomic E-state index is 0.430. The third-order valence-corrected chi connectivity index (χ3v) is 3.36. The lowest BCUT2D eigenvalue weighted by molar-refractivity contribution is 0.923. The molecular weight excluding hydrogens is 262 g/mol. The zero-order chi connectivity index (χ0) is 13.4. The maximum Gasteiger partial charge on any atom is 0.158 e. The van der Waals surface area contributed by atoms with Crippen LogP contribution in [-0.2, 0) is 6.54 Å². The van der Waals surface area contributed by atoms with E-state index in [4.69, 9.17) is 17.3 Å². The molecule has 0 fully saturated rings. The lowest BCUT2D eigenvalue weighted by Crippen LogP contribution is -2.05. The SMILES string of the molecule is Cc1ccc2c(c1)C(N=CN)=NCc1c(Cl)ncn1-2. The van der Waals surface area contributed by atoms with Gasteiger partial charge in [0, 0.05) is 5.56 Å². The number of aliphatic imine (C=N–C) groups is 2. The van der Waals surface area contributed by atoms with Gasteiger partial charge in [0.1, 0.15) is 6.33 Å². The topological polar surface area (TPSA) is 68.6 Å². The number of nitrogens with zero attached hydrogens (tertiary/aromatic N) is 4. The third-order valence-electron chi connectivity index (χ3n) is 3.04. The first-order chi connectivity index (χ1) is 9.20. The normalized spacial score (nSPS) is 13.9. The molecule has 1 aliphatic rings. The van der Waals surface area contributed by atoms with Crippen molar-refractivity contribution < 1.29 is 0 Å². The predicted octanol–water partition coefficient (Wildman–Crippen LogP) is 2.08. The van der Waals surface area contributed by atoms with E-state index < -0.39 is 0 Å². The molecule has 0 saturated carbocycles. The summed E-state index contributed by atoms with van der Waals surface area (Å²) >= 11 is 6.09. The molecule has 96 valence electrons. The van der Waals surface area contributed by atoms with Crippen LogP contribution < -0.4 is 5.73 Å². The molecule has 0 bridgehead atoms. The van der Waals surface area contributed by atoms with Crippen molar-refractivity contribution in [3.8, 4) is 5.69 Å². The highest BCUT2D eigenvalue weighted by Crippen LogP contribution is 2.27. The fourth-order valence-electron chi connectivity index (χ4n) is 2.16. The Morgan fingerprint density at radius 1 is 1.47 bits per heavy atom. The predicted molar refractivity (Wildman–Crippen MR) is 76.2 cm³/mol. The first-order valence-electron chi connectivity index (χ1n) is 5.82. The minimum Gasteiger partial charge on any atom is -0.390 e. The second-order valence-corrected chi connectivity index (χ2v) is 4.65. The molecular formula is C13H12ClN5. The average molecular weight is 274 g/mol. The second kappa shape index (κ2) is 4.51. The van der Waals surface area contributed by atoms with Crippen LogP contribution in [0.15, 0.2) is 34.5 Å². The molecule has 2 heterocycles. The van der Waals surface area contributed by atoms with E-state index in [1.165, 1.54) is 6.34 Å². The van der Waals surface area contributed by atoms with Gasteiger partial charge in [-0.3, -0.25) is 9.56 Å². The zero-order valence-electron chi connectivity index (χ0n) is 10.3. The first kappa shape index (κ1) is 11.9. The Hall–Kier alpha value is -2.14. The van der Waals surface area contributed by atoms with Crippen molar-refractivity contribution in [3.05, 3.63) is 46.5 Å². The number of hydrogen-bond acceptors (Lipinski definition) is 3. The highest BCUT2D eigenvalue weighted by molar-refractivity contribution is 6.30. The van der Waals surface area contributed by atoms with E-state index in [0.717, 1.165) is 22.5 Å². The van der Waals surface area contributed by atoms with Crippen LogP contribution in [0, 0.1) is 6.92 Å². The number of hydrogen-bond donors (Lipinski definition) is 1. The molecule has 0 atom stereocenters. The first-order valence-corrected chi connectivity index (χ1v) is 6.20. The molecule has 3 rings (SSSR count). The van der Waals surface area contributed by atoms with Crippen LogP contribution in [0.2, 0.25) is 5.15 Å². The minimum absolute atomic E-state index is 0.430. The van der Waals surface area contributed by atoms with E-state index in [1.54, 1.807) is 6.33 Å². The number of aryl methyl sites for hydroxylation is 1. The van der Waals surface area contributed by atoms with Crippen LogP contribution in [0.5, 0.6) is 0 Å². The Kier molecular flexibility index (Phi) is 2.83. The molecule has 19 heavy (non-hydrogen) atoms. The molecule has 1 aromatic heterocycles. The summed E-state index contributed by atoms with van der Waals surface area (Å²) in [6.07, 6.45) is 2.96. The van der Waals surface area contributed by atoms with Crippen molar-refractivity contribution in [1.82, 2.24) is 9.55 Å². The molecule has 5 nitrogen and oxygen atoms in total. The average Bonchev–Trinajstić information content (AvgIpc) is 2.68. The van der Waals surface area contributed by atoms with Gasteiger partial charge in [-0.2, -0.15) is 0 Å². The van der Waals surface area contributed by atoms with Crippen molar-refractivity contribution in [3.63, 3.8) is 0 Å². The fraction of sp³-hybridized carbons (Fsp3) is 0.154.